The van der Waals surface area contributed by atoms with E-state index in [0.717, 1.165) is 6.42 Å². The Morgan fingerprint density at radius 1 is 0.444 bits per heavy atom. The summed E-state index contributed by atoms with van der Waals surface area (Å²) in [4.78, 5) is 0. The number of rotatable bonds is 2. The number of pyridine rings is 1. The predicted octanol–water partition coefficient (Wildman–Crippen LogP) is 14.5. The summed E-state index contributed by atoms with van der Waals surface area (Å²) in [6.45, 7) is 0. The Kier molecular flexibility index (Phi) is 5.68. The first-order chi connectivity index (χ1) is 26.8. The van der Waals surface area contributed by atoms with Crippen LogP contribution in [0.15, 0.2) is 170 Å². The average Bonchev–Trinajstić information content (AvgIpc) is 3.79. The molecule has 0 bridgehead atoms. The molecule has 9 aromatic carbocycles. The molecule has 250 valence electrons. The molecule has 1 aliphatic carbocycles. The second-order valence-electron chi connectivity index (χ2n) is 15.1. The van der Waals surface area contributed by atoms with Gasteiger partial charge in [-0.15, -0.1) is 11.3 Å². The second-order valence-corrected chi connectivity index (χ2v) is 16.2. The van der Waals surface area contributed by atoms with E-state index in [4.69, 9.17) is 0 Å². The van der Waals surface area contributed by atoms with E-state index in [2.05, 4.69) is 174 Å². The number of para-hydroxylation sites is 1. The summed E-state index contributed by atoms with van der Waals surface area (Å²) in [6.07, 6.45) is 0.943. The van der Waals surface area contributed by atoms with E-state index in [9.17, 15) is 0 Å². The van der Waals surface area contributed by atoms with E-state index in [1.165, 1.54) is 119 Å². The van der Waals surface area contributed by atoms with Gasteiger partial charge in [0.05, 0.1) is 16.6 Å². The van der Waals surface area contributed by atoms with Gasteiger partial charge in [0.25, 0.3) is 0 Å². The van der Waals surface area contributed by atoms with E-state index >= 15 is 0 Å². The van der Waals surface area contributed by atoms with Crippen molar-refractivity contribution >= 4 is 91.1 Å². The van der Waals surface area contributed by atoms with Gasteiger partial charge in [0.2, 0.25) is 0 Å². The minimum absolute atomic E-state index is 0.230. The van der Waals surface area contributed by atoms with Gasteiger partial charge in [-0.1, -0.05) is 146 Å². The number of nitrogens with zero attached hydrogens (tertiary/aromatic N) is 1. The maximum Gasteiger partial charge on any atom is 0.0626 e. The van der Waals surface area contributed by atoms with Gasteiger partial charge in [0.1, 0.15) is 0 Å². The number of hydrogen-bond donors (Lipinski definition) is 0. The summed E-state index contributed by atoms with van der Waals surface area (Å²) in [5, 5.41) is 13.2. The van der Waals surface area contributed by atoms with Crippen LogP contribution in [-0.4, -0.2) is 4.40 Å². The Morgan fingerprint density at radius 2 is 1.13 bits per heavy atom. The largest absolute Gasteiger partial charge is 0.308 e. The molecule has 13 rings (SSSR count). The number of aromatic nitrogens is 1. The van der Waals surface area contributed by atoms with Gasteiger partial charge in [-0.2, -0.15) is 0 Å². The van der Waals surface area contributed by atoms with Gasteiger partial charge in [0.15, 0.2) is 0 Å². The average molecular weight is 702 g/mol. The number of benzene rings is 9. The van der Waals surface area contributed by atoms with Gasteiger partial charge in [-0.05, 0) is 91.2 Å². The van der Waals surface area contributed by atoms with Crippen LogP contribution >= 0.6 is 11.3 Å². The summed E-state index contributed by atoms with van der Waals surface area (Å²) in [5.74, 6) is 0.230. The first kappa shape index (κ1) is 29.0. The van der Waals surface area contributed by atoms with E-state index in [1.54, 1.807) is 0 Å². The number of thiophene rings is 1. The zero-order valence-electron chi connectivity index (χ0n) is 29.3. The molecular formula is C52H31NS. The fourth-order valence-corrected chi connectivity index (χ4v) is 11.4. The van der Waals surface area contributed by atoms with Crippen molar-refractivity contribution in [3.05, 3.63) is 187 Å². The lowest BCUT2D eigenvalue weighted by atomic mass is 9.72. The molecule has 2 heteroatoms. The predicted molar refractivity (Wildman–Crippen MR) is 232 cm³/mol. The summed E-state index contributed by atoms with van der Waals surface area (Å²) in [6, 6.07) is 64.2. The molecule has 0 amide bonds. The molecule has 12 aromatic rings. The first-order valence-corrected chi connectivity index (χ1v) is 19.8. The van der Waals surface area contributed by atoms with Gasteiger partial charge >= 0.3 is 0 Å². The lowest BCUT2D eigenvalue weighted by Gasteiger charge is -2.31. The van der Waals surface area contributed by atoms with Crippen LogP contribution in [-0.2, 0) is 6.42 Å². The third-order valence-corrected chi connectivity index (χ3v) is 13.6. The molecule has 0 saturated carbocycles. The maximum atomic E-state index is 2.54. The molecule has 0 fully saturated rings. The fraction of sp³-hybridized carbons (Fsp3) is 0.0385. The van der Waals surface area contributed by atoms with Gasteiger partial charge in [-0.25, -0.2) is 0 Å². The monoisotopic (exact) mass is 701 g/mol. The van der Waals surface area contributed by atoms with Crippen LogP contribution in [0, 0.1) is 0 Å². The van der Waals surface area contributed by atoms with Crippen LogP contribution in [0.3, 0.4) is 0 Å². The highest BCUT2D eigenvalue weighted by Gasteiger charge is 2.31. The lowest BCUT2D eigenvalue weighted by Crippen LogP contribution is -2.14. The molecular weight excluding hydrogens is 671 g/mol. The highest BCUT2D eigenvalue weighted by molar-refractivity contribution is 7.25. The van der Waals surface area contributed by atoms with E-state index in [1.807, 2.05) is 11.3 Å². The molecule has 54 heavy (non-hydrogen) atoms. The van der Waals surface area contributed by atoms with Crippen LogP contribution < -0.4 is 0 Å². The zero-order chi connectivity index (χ0) is 35.1. The molecule has 1 unspecified atom stereocenters. The van der Waals surface area contributed by atoms with Crippen LogP contribution in [0.4, 0.5) is 0 Å². The van der Waals surface area contributed by atoms with E-state index < -0.39 is 0 Å². The maximum absolute atomic E-state index is 2.54. The lowest BCUT2D eigenvalue weighted by molar-refractivity contribution is 0.798. The highest BCUT2D eigenvalue weighted by atomic mass is 32.1. The second kappa shape index (κ2) is 10.6. The molecule has 3 aromatic heterocycles. The Hall–Kier alpha value is -6.48. The highest BCUT2D eigenvalue weighted by Crippen LogP contribution is 2.51. The van der Waals surface area contributed by atoms with Crippen LogP contribution in [0.5, 0.6) is 0 Å². The molecule has 0 N–H and O–H groups in total. The van der Waals surface area contributed by atoms with Crippen molar-refractivity contribution < 1.29 is 0 Å². The van der Waals surface area contributed by atoms with Crippen molar-refractivity contribution in [3.8, 4) is 22.3 Å². The molecule has 0 spiro atoms. The van der Waals surface area contributed by atoms with Crippen molar-refractivity contribution in [2.24, 2.45) is 0 Å². The smallest absolute Gasteiger partial charge is 0.0626 e. The molecule has 1 aliphatic rings. The summed E-state index contributed by atoms with van der Waals surface area (Å²) < 4.78 is 5.26. The minimum atomic E-state index is 0.230. The third kappa shape index (κ3) is 3.73. The molecule has 1 atom stereocenters. The zero-order valence-corrected chi connectivity index (χ0v) is 30.1. The Labute approximate surface area is 315 Å². The fourth-order valence-electron chi connectivity index (χ4n) is 10.3. The molecule has 1 nitrogen and oxygen atoms in total. The topological polar surface area (TPSA) is 4.41 Å². The van der Waals surface area contributed by atoms with Crippen molar-refractivity contribution in [3.63, 3.8) is 0 Å². The van der Waals surface area contributed by atoms with Gasteiger partial charge in [0, 0.05) is 47.6 Å². The van der Waals surface area contributed by atoms with Crippen molar-refractivity contribution in [1.82, 2.24) is 4.40 Å². The molecule has 0 radical (unpaired) electrons. The number of fused-ring (bicyclic) bond motifs is 14. The summed E-state index contributed by atoms with van der Waals surface area (Å²) in [5.41, 5.74) is 13.5. The number of hydrogen-bond acceptors (Lipinski definition) is 1. The Balaban J connectivity index is 1.12. The quantitative estimate of drug-likeness (QED) is 0.125. The molecule has 0 aliphatic heterocycles. The van der Waals surface area contributed by atoms with Crippen molar-refractivity contribution in [1.29, 1.82) is 0 Å². The third-order valence-electron chi connectivity index (χ3n) is 12.5. The standard InChI is InChI=1S/C52H31NS/c1-2-12-33-30(10-1)22-26-41-43(32-24-25-37-36-14-4-6-21-47(36)54-48(37)28-32)29-44-34(15-8-17-40(44)50(33)41)38-18-9-20-46-51(38)42-27-23-31-11-7-16-39-35-13-3-5-19-45(35)53(46)52(42)49(31)39/h1-28,43H,29H2. The molecule has 3 heterocycles. The summed E-state index contributed by atoms with van der Waals surface area (Å²) >= 11 is 1.91. The van der Waals surface area contributed by atoms with Crippen molar-refractivity contribution in [2.75, 3.05) is 0 Å². The normalized spacial score (nSPS) is 14.4. The van der Waals surface area contributed by atoms with E-state index in [0.29, 0.717) is 0 Å². The van der Waals surface area contributed by atoms with Crippen LogP contribution in [0.25, 0.3) is 102 Å². The van der Waals surface area contributed by atoms with Gasteiger partial charge in [-0.3, -0.25) is 0 Å². The van der Waals surface area contributed by atoms with Crippen LogP contribution in [0.2, 0.25) is 0 Å². The van der Waals surface area contributed by atoms with Gasteiger partial charge < -0.3 is 4.40 Å². The van der Waals surface area contributed by atoms with E-state index in [-0.39, 0.29) is 5.92 Å². The first-order valence-electron chi connectivity index (χ1n) is 18.9. The molecule has 0 saturated heterocycles. The van der Waals surface area contributed by atoms with Crippen LogP contribution in [0.1, 0.15) is 22.6 Å². The summed E-state index contributed by atoms with van der Waals surface area (Å²) in [7, 11) is 0. The minimum Gasteiger partial charge on any atom is -0.308 e. The Morgan fingerprint density at radius 3 is 2.09 bits per heavy atom. The SMILES string of the molecule is c1cc2c(c(-c3cccc4c3c3ccc5cccc6c7ccccc7n4c3c56)c1)CC(c1ccc3c(c1)sc1ccccc13)c1ccc3ccccc3c1-2. The Bertz CT molecular complexity index is 3530. The van der Waals surface area contributed by atoms with Crippen molar-refractivity contribution in [2.45, 2.75) is 12.3 Å².